The molecule has 0 fully saturated rings. The van der Waals surface area contributed by atoms with Crippen molar-refractivity contribution in [2.75, 3.05) is 18.0 Å². The first-order valence-electron chi connectivity index (χ1n) is 7.88. The van der Waals surface area contributed by atoms with E-state index in [1.807, 2.05) is 19.2 Å². The van der Waals surface area contributed by atoms with Gasteiger partial charge < -0.3 is 4.90 Å². The lowest BCUT2D eigenvalue weighted by atomic mass is 10.0. The van der Waals surface area contributed by atoms with Gasteiger partial charge in [0.1, 0.15) is 0 Å². The normalized spacial score (nSPS) is 13.8. The summed E-state index contributed by atoms with van der Waals surface area (Å²) in [6, 6.07) is 15.0. The van der Waals surface area contributed by atoms with Gasteiger partial charge in [-0.15, -0.1) is 0 Å². The van der Waals surface area contributed by atoms with Gasteiger partial charge in [0, 0.05) is 29.5 Å². The van der Waals surface area contributed by atoms with Crippen molar-refractivity contribution < 1.29 is 0 Å². The molecule has 0 bridgehead atoms. The third-order valence-corrected chi connectivity index (χ3v) is 4.37. The first-order valence-corrected chi connectivity index (χ1v) is 8.25. The van der Waals surface area contributed by atoms with Gasteiger partial charge in [0.25, 0.3) is 0 Å². The van der Waals surface area contributed by atoms with Gasteiger partial charge in [0.05, 0.1) is 0 Å². The van der Waals surface area contributed by atoms with Crippen LogP contribution in [0.1, 0.15) is 24.5 Å². The van der Waals surface area contributed by atoms with Crippen LogP contribution in [0.4, 0.5) is 11.4 Å². The topological polar surface area (TPSA) is 15.6 Å². The Morgan fingerprint density at radius 1 is 1.09 bits per heavy atom. The highest BCUT2D eigenvalue weighted by atomic mass is 35.5. The molecule has 0 spiro atoms. The summed E-state index contributed by atoms with van der Waals surface area (Å²) in [6.07, 6.45) is 5.05. The summed E-state index contributed by atoms with van der Waals surface area (Å²) in [5.41, 5.74) is 5.34. The van der Waals surface area contributed by atoms with E-state index in [1.165, 1.54) is 22.5 Å². The molecule has 0 atom stereocenters. The van der Waals surface area contributed by atoms with E-state index >= 15 is 0 Å². The molecule has 0 N–H and O–H groups in total. The minimum absolute atomic E-state index is 0.801. The monoisotopic (exact) mass is 312 g/mol. The molecule has 3 heteroatoms. The molecule has 1 aliphatic heterocycles. The highest BCUT2D eigenvalue weighted by Gasteiger charge is 2.20. The number of halogens is 1. The number of para-hydroxylation sites is 1. The molecule has 0 unspecified atom stereocenters. The number of aliphatic imine (C=N–C) groups is 1. The zero-order valence-corrected chi connectivity index (χ0v) is 13.7. The van der Waals surface area contributed by atoms with Crippen molar-refractivity contribution in [3.05, 3.63) is 58.6 Å². The van der Waals surface area contributed by atoms with Crippen LogP contribution in [0.15, 0.2) is 47.5 Å². The highest BCUT2D eigenvalue weighted by Crippen LogP contribution is 2.37. The van der Waals surface area contributed by atoms with Crippen LogP contribution in [-0.2, 0) is 12.8 Å². The second-order valence-corrected chi connectivity index (χ2v) is 6.01. The van der Waals surface area contributed by atoms with Crippen LogP contribution < -0.4 is 4.90 Å². The van der Waals surface area contributed by atoms with E-state index in [9.17, 15) is 0 Å². The Kier molecular flexibility index (Phi) is 4.79. The first kappa shape index (κ1) is 15.1. The Labute approximate surface area is 137 Å². The van der Waals surface area contributed by atoms with Gasteiger partial charge in [0.2, 0.25) is 0 Å². The molecule has 0 aliphatic carbocycles. The number of rotatable bonds is 4. The lowest BCUT2D eigenvalue weighted by molar-refractivity contribution is 0.819. The molecule has 2 aromatic carbocycles. The van der Waals surface area contributed by atoms with Crippen molar-refractivity contribution in [2.45, 2.75) is 26.2 Å². The van der Waals surface area contributed by atoms with Crippen LogP contribution in [0, 0.1) is 0 Å². The molecular weight excluding hydrogens is 292 g/mol. The van der Waals surface area contributed by atoms with Gasteiger partial charge in [0.15, 0.2) is 0 Å². The maximum absolute atomic E-state index is 6.26. The summed E-state index contributed by atoms with van der Waals surface area (Å²) in [5.74, 6) is 0. The van der Waals surface area contributed by atoms with Crippen LogP contribution in [0.5, 0.6) is 0 Å². The van der Waals surface area contributed by atoms with E-state index in [-0.39, 0.29) is 0 Å². The molecule has 0 saturated carbocycles. The van der Waals surface area contributed by atoms with Crippen molar-refractivity contribution in [2.24, 2.45) is 4.99 Å². The van der Waals surface area contributed by atoms with E-state index in [2.05, 4.69) is 46.3 Å². The quantitative estimate of drug-likeness (QED) is 0.569. The number of hydrogen-bond donors (Lipinski definition) is 0. The fourth-order valence-electron chi connectivity index (χ4n) is 3.07. The number of nitrogens with zero attached hydrogens (tertiary/aromatic N) is 2. The fraction of sp³-hybridized carbons (Fsp3) is 0.316. The van der Waals surface area contributed by atoms with Gasteiger partial charge >= 0.3 is 0 Å². The zero-order chi connectivity index (χ0) is 15.4. The molecule has 3 rings (SSSR count). The lowest BCUT2D eigenvalue weighted by Gasteiger charge is -2.27. The van der Waals surface area contributed by atoms with Crippen LogP contribution in [0.25, 0.3) is 0 Å². The largest absolute Gasteiger partial charge is 0.341 e. The average molecular weight is 313 g/mol. The van der Waals surface area contributed by atoms with Gasteiger partial charge in [-0.1, -0.05) is 35.9 Å². The molecule has 1 heterocycles. The van der Waals surface area contributed by atoms with Crippen LogP contribution >= 0.6 is 11.6 Å². The SMILES string of the molecule is CC=NCCCN1c2ccccc2CCc2ccc(Cl)cc21. The van der Waals surface area contributed by atoms with E-state index in [1.54, 1.807) is 0 Å². The van der Waals surface area contributed by atoms with Crippen LogP contribution in [0.2, 0.25) is 5.02 Å². The molecule has 0 aromatic heterocycles. The maximum atomic E-state index is 6.26. The van der Waals surface area contributed by atoms with Crippen molar-refractivity contribution in [1.82, 2.24) is 0 Å². The Balaban J connectivity index is 1.98. The van der Waals surface area contributed by atoms with Gasteiger partial charge in [-0.3, -0.25) is 4.99 Å². The summed E-state index contributed by atoms with van der Waals surface area (Å²) in [7, 11) is 0. The number of benzene rings is 2. The molecule has 114 valence electrons. The fourth-order valence-corrected chi connectivity index (χ4v) is 3.24. The third-order valence-electron chi connectivity index (χ3n) is 4.14. The summed E-state index contributed by atoms with van der Waals surface area (Å²) in [5, 5.41) is 0.801. The van der Waals surface area contributed by atoms with Crippen molar-refractivity contribution in [1.29, 1.82) is 0 Å². The van der Waals surface area contributed by atoms with Crippen LogP contribution in [0.3, 0.4) is 0 Å². The Morgan fingerprint density at radius 2 is 1.86 bits per heavy atom. The second-order valence-electron chi connectivity index (χ2n) is 5.57. The first-order chi connectivity index (χ1) is 10.8. The number of fused-ring (bicyclic) bond motifs is 2. The van der Waals surface area contributed by atoms with E-state index < -0.39 is 0 Å². The molecule has 0 amide bonds. The molecular formula is C19H21ClN2. The van der Waals surface area contributed by atoms with Crippen molar-refractivity contribution >= 4 is 29.2 Å². The zero-order valence-electron chi connectivity index (χ0n) is 12.9. The van der Waals surface area contributed by atoms with E-state index in [4.69, 9.17) is 11.6 Å². The number of aryl methyl sites for hydroxylation is 2. The standard InChI is InChI=1S/C19H21ClN2/c1-2-21-12-5-13-22-18-7-4-3-6-15(18)8-9-16-10-11-17(20)14-19(16)22/h2-4,6-7,10-11,14H,5,8-9,12-13H2,1H3. The van der Waals surface area contributed by atoms with Crippen molar-refractivity contribution in [3.8, 4) is 0 Å². The summed E-state index contributed by atoms with van der Waals surface area (Å²) in [4.78, 5) is 6.74. The Morgan fingerprint density at radius 3 is 2.68 bits per heavy atom. The lowest BCUT2D eigenvalue weighted by Crippen LogP contribution is -2.20. The summed E-state index contributed by atoms with van der Waals surface area (Å²) < 4.78 is 0. The highest BCUT2D eigenvalue weighted by molar-refractivity contribution is 6.30. The maximum Gasteiger partial charge on any atom is 0.0458 e. The molecule has 0 radical (unpaired) electrons. The molecule has 1 aliphatic rings. The predicted molar refractivity (Wildman–Crippen MR) is 96.0 cm³/mol. The Bertz CT molecular complexity index is 679. The minimum Gasteiger partial charge on any atom is -0.341 e. The second kappa shape index (κ2) is 6.97. The summed E-state index contributed by atoms with van der Waals surface area (Å²) >= 11 is 6.26. The van der Waals surface area contributed by atoms with Gasteiger partial charge in [-0.2, -0.15) is 0 Å². The molecule has 2 nitrogen and oxygen atoms in total. The molecule has 2 aromatic rings. The van der Waals surface area contributed by atoms with Crippen molar-refractivity contribution in [3.63, 3.8) is 0 Å². The van der Waals surface area contributed by atoms with E-state index in [0.29, 0.717) is 0 Å². The van der Waals surface area contributed by atoms with E-state index in [0.717, 1.165) is 37.4 Å². The smallest absolute Gasteiger partial charge is 0.0458 e. The predicted octanol–water partition coefficient (Wildman–Crippen LogP) is 5.06. The molecule has 0 saturated heterocycles. The average Bonchev–Trinajstić information content (AvgIpc) is 2.69. The number of anilines is 2. The summed E-state index contributed by atoms with van der Waals surface area (Å²) in [6.45, 7) is 3.79. The number of hydrogen-bond acceptors (Lipinski definition) is 2. The third kappa shape index (κ3) is 3.17. The Hall–Kier alpha value is -1.80. The molecule has 22 heavy (non-hydrogen) atoms. The van der Waals surface area contributed by atoms with Gasteiger partial charge in [-0.05, 0) is 61.7 Å². The van der Waals surface area contributed by atoms with Crippen LogP contribution in [-0.4, -0.2) is 19.3 Å². The van der Waals surface area contributed by atoms with Gasteiger partial charge in [-0.25, -0.2) is 0 Å². The minimum atomic E-state index is 0.801.